The molecule has 0 saturated carbocycles. The molecule has 0 unspecified atom stereocenters. The fourth-order valence-electron chi connectivity index (χ4n) is 3.78. The van der Waals surface area contributed by atoms with Crippen LogP contribution in [0.3, 0.4) is 0 Å². The number of terminal acetylenes is 1. The van der Waals surface area contributed by atoms with E-state index >= 15 is 0 Å². The molecule has 0 bridgehead atoms. The standard InChI is InChI=1S/C22H26FN3O2.C3H8.C2H6.C2H2/c1-15(27)11-17-13-26(21(28)19-5-4-10-24-19)14-22(2,3)20(17)25-12-16-6-8-18(23)9-7-16;1-3-2;2*1-2/h4-10,24-25H,11-14H2,1-3H3;3H2,1-2H3;1-2H3;1-2H. The fraction of sp³-hybridized carbons (Fsp3) is 0.448. The van der Waals surface area contributed by atoms with Gasteiger partial charge in [0.15, 0.2) is 0 Å². The van der Waals surface area contributed by atoms with E-state index in [-0.39, 0.29) is 22.9 Å². The smallest absolute Gasteiger partial charge is 0.270 e. The molecule has 35 heavy (non-hydrogen) atoms. The van der Waals surface area contributed by atoms with Crippen molar-refractivity contribution >= 4 is 11.7 Å². The summed E-state index contributed by atoms with van der Waals surface area (Å²) in [5.74, 6) is -0.283. The van der Waals surface area contributed by atoms with Gasteiger partial charge in [-0.15, -0.1) is 12.8 Å². The second kappa shape index (κ2) is 16.3. The van der Waals surface area contributed by atoms with Gasteiger partial charge in [0.25, 0.3) is 5.91 Å². The molecular weight excluding hydrogens is 441 g/mol. The molecule has 2 aromatic rings. The Labute approximate surface area is 211 Å². The minimum atomic E-state index is -0.342. The third kappa shape index (κ3) is 10.2. The summed E-state index contributed by atoms with van der Waals surface area (Å²) in [5.41, 5.74) is 3.07. The number of aromatic amines is 1. The fourth-order valence-corrected chi connectivity index (χ4v) is 3.78. The van der Waals surface area contributed by atoms with Crippen LogP contribution >= 0.6 is 0 Å². The van der Waals surface area contributed by atoms with Gasteiger partial charge in [-0.1, -0.05) is 60.1 Å². The third-order valence-electron chi connectivity index (χ3n) is 4.96. The summed E-state index contributed by atoms with van der Waals surface area (Å²) in [6, 6.07) is 9.90. The molecule has 5 nitrogen and oxygen atoms in total. The van der Waals surface area contributed by atoms with Crippen LogP contribution in [0.4, 0.5) is 4.39 Å². The Kier molecular flexibility index (Phi) is 14.8. The number of nitrogens with one attached hydrogen (secondary N) is 2. The number of rotatable bonds is 6. The molecule has 0 aliphatic carbocycles. The molecule has 0 spiro atoms. The lowest BCUT2D eigenvalue weighted by molar-refractivity contribution is -0.116. The van der Waals surface area contributed by atoms with E-state index in [0.29, 0.717) is 31.7 Å². The van der Waals surface area contributed by atoms with Gasteiger partial charge in [-0.25, -0.2) is 4.39 Å². The van der Waals surface area contributed by atoms with Crippen molar-refractivity contribution in [2.24, 2.45) is 5.41 Å². The Hall–Kier alpha value is -3.33. The largest absolute Gasteiger partial charge is 0.384 e. The van der Waals surface area contributed by atoms with Crippen molar-refractivity contribution in [1.82, 2.24) is 15.2 Å². The zero-order valence-corrected chi connectivity index (χ0v) is 22.4. The minimum absolute atomic E-state index is 0.0565. The van der Waals surface area contributed by atoms with Gasteiger partial charge in [0.1, 0.15) is 17.3 Å². The highest BCUT2D eigenvalue weighted by molar-refractivity contribution is 5.93. The van der Waals surface area contributed by atoms with Crippen LogP contribution in [0.15, 0.2) is 53.9 Å². The van der Waals surface area contributed by atoms with Crippen molar-refractivity contribution in [1.29, 1.82) is 0 Å². The van der Waals surface area contributed by atoms with Gasteiger partial charge in [-0.05, 0) is 42.3 Å². The average molecular weight is 484 g/mol. The number of hydrogen-bond acceptors (Lipinski definition) is 3. The highest BCUT2D eigenvalue weighted by Crippen LogP contribution is 2.35. The predicted molar refractivity (Wildman–Crippen MR) is 143 cm³/mol. The third-order valence-corrected chi connectivity index (χ3v) is 4.96. The summed E-state index contributed by atoms with van der Waals surface area (Å²) in [5, 5.41) is 3.46. The Bertz CT molecular complexity index is 942. The first-order valence-electron chi connectivity index (χ1n) is 12.1. The molecule has 1 aromatic heterocycles. The number of carbonyl (C=O) groups is 2. The van der Waals surface area contributed by atoms with E-state index in [1.807, 2.05) is 13.8 Å². The Morgan fingerprint density at radius 3 is 2.17 bits per heavy atom. The van der Waals surface area contributed by atoms with E-state index in [2.05, 4.69) is 50.8 Å². The van der Waals surface area contributed by atoms with Crippen LogP contribution in [-0.4, -0.2) is 34.7 Å². The van der Waals surface area contributed by atoms with Crippen LogP contribution < -0.4 is 5.32 Å². The second-order valence-corrected chi connectivity index (χ2v) is 8.67. The Balaban J connectivity index is 0.00000150. The molecule has 2 heterocycles. The van der Waals surface area contributed by atoms with E-state index in [0.717, 1.165) is 16.8 Å². The van der Waals surface area contributed by atoms with Gasteiger partial charge in [-0.2, -0.15) is 0 Å². The summed E-state index contributed by atoms with van der Waals surface area (Å²) in [6.45, 7) is 15.4. The number of carbonyl (C=O) groups excluding carboxylic acids is 2. The molecule has 0 radical (unpaired) electrons. The number of benzene rings is 1. The zero-order valence-electron chi connectivity index (χ0n) is 22.4. The van der Waals surface area contributed by atoms with Gasteiger partial charge in [-0.3, -0.25) is 9.59 Å². The first-order chi connectivity index (χ1) is 16.7. The molecule has 0 atom stereocenters. The normalized spacial score (nSPS) is 13.7. The number of Topliss-reactive ketones (excluding diaryl/α,β-unsaturated/α-hetero) is 1. The SMILES string of the molecule is C#C.CC.CC(=O)CC1=C(NCc2ccc(F)cc2)C(C)(C)CN(C(=O)c2ccc[nH]2)C1.CCC. The van der Waals surface area contributed by atoms with Gasteiger partial charge in [0, 0.05) is 43.4 Å². The Morgan fingerprint density at radius 2 is 1.69 bits per heavy atom. The van der Waals surface area contributed by atoms with Gasteiger partial charge in [0.2, 0.25) is 0 Å². The van der Waals surface area contributed by atoms with Crippen molar-refractivity contribution < 1.29 is 14.0 Å². The number of ketones is 1. The van der Waals surface area contributed by atoms with Gasteiger partial charge < -0.3 is 15.2 Å². The second-order valence-electron chi connectivity index (χ2n) is 8.67. The lowest BCUT2D eigenvalue weighted by Gasteiger charge is -2.42. The summed E-state index contributed by atoms with van der Waals surface area (Å²) >= 11 is 0. The van der Waals surface area contributed by atoms with Gasteiger partial charge >= 0.3 is 0 Å². The highest BCUT2D eigenvalue weighted by Gasteiger charge is 2.36. The van der Waals surface area contributed by atoms with Crippen molar-refractivity contribution in [2.45, 2.75) is 67.9 Å². The number of H-pyrrole nitrogens is 1. The van der Waals surface area contributed by atoms with Crippen molar-refractivity contribution in [3.8, 4) is 12.8 Å². The molecule has 0 saturated heterocycles. The summed E-state index contributed by atoms with van der Waals surface area (Å²) < 4.78 is 13.1. The molecule has 1 aliphatic heterocycles. The molecule has 2 N–H and O–H groups in total. The maximum atomic E-state index is 13.1. The maximum Gasteiger partial charge on any atom is 0.270 e. The van der Waals surface area contributed by atoms with Crippen LogP contribution in [-0.2, 0) is 11.3 Å². The number of nitrogens with zero attached hydrogens (tertiary/aromatic N) is 1. The number of aromatic nitrogens is 1. The molecule has 0 fully saturated rings. The molecular formula is C29H42FN3O2. The molecule has 192 valence electrons. The minimum Gasteiger partial charge on any atom is -0.384 e. The zero-order chi connectivity index (χ0) is 27.0. The first kappa shape index (κ1) is 31.7. The lowest BCUT2D eigenvalue weighted by atomic mass is 9.81. The van der Waals surface area contributed by atoms with E-state index in [4.69, 9.17) is 0 Å². The molecule has 3 rings (SSSR count). The average Bonchev–Trinajstić information content (AvgIpc) is 3.36. The quantitative estimate of drug-likeness (QED) is 0.471. The summed E-state index contributed by atoms with van der Waals surface area (Å²) in [4.78, 5) is 29.4. The van der Waals surface area contributed by atoms with Crippen LogP contribution in [0.5, 0.6) is 0 Å². The lowest BCUT2D eigenvalue weighted by Crippen LogP contribution is -2.48. The summed E-state index contributed by atoms with van der Waals surface area (Å²) in [7, 11) is 0. The van der Waals surface area contributed by atoms with Crippen LogP contribution in [0.1, 0.15) is 77.4 Å². The predicted octanol–water partition coefficient (Wildman–Crippen LogP) is 6.35. The van der Waals surface area contributed by atoms with Crippen LogP contribution in [0.2, 0.25) is 0 Å². The first-order valence-corrected chi connectivity index (χ1v) is 12.1. The maximum absolute atomic E-state index is 13.1. The van der Waals surface area contributed by atoms with Gasteiger partial charge in [0.05, 0.1) is 0 Å². The molecule has 1 aliphatic rings. The number of halogens is 1. The number of hydrogen-bond donors (Lipinski definition) is 2. The van der Waals surface area contributed by atoms with E-state index < -0.39 is 0 Å². The number of amides is 1. The Morgan fingerprint density at radius 1 is 1.11 bits per heavy atom. The van der Waals surface area contributed by atoms with E-state index in [1.165, 1.54) is 18.6 Å². The monoisotopic (exact) mass is 483 g/mol. The molecule has 1 aromatic carbocycles. The highest BCUT2D eigenvalue weighted by atomic mass is 19.1. The molecule has 1 amide bonds. The topological polar surface area (TPSA) is 65.2 Å². The van der Waals surface area contributed by atoms with Crippen molar-refractivity contribution in [3.63, 3.8) is 0 Å². The van der Waals surface area contributed by atoms with Crippen molar-refractivity contribution in [3.05, 3.63) is 70.9 Å². The molecule has 6 heteroatoms. The summed E-state index contributed by atoms with van der Waals surface area (Å²) in [6.07, 6.45) is 11.3. The van der Waals surface area contributed by atoms with E-state index in [9.17, 15) is 14.0 Å². The van der Waals surface area contributed by atoms with Crippen LogP contribution in [0.25, 0.3) is 0 Å². The van der Waals surface area contributed by atoms with E-state index in [1.54, 1.807) is 42.3 Å². The van der Waals surface area contributed by atoms with Crippen LogP contribution in [0, 0.1) is 24.1 Å². The van der Waals surface area contributed by atoms with Crippen molar-refractivity contribution in [2.75, 3.05) is 13.1 Å².